The minimum atomic E-state index is -0.466. The number of nitrogens with two attached hydrogens (primary N) is 1. The molecule has 5 heteroatoms. The van der Waals surface area contributed by atoms with Crippen molar-refractivity contribution in [3.63, 3.8) is 0 Å². The largest absolute Gasteiger partial charge is 0.330 e. The Hall–Kier alpha value is -0.710. The lowest BCUT2D eigenvalue weighted by Gasteiger charge is -2.22. The Labute approximate surface area is 113 Å². The third-order valence-electron chi connectivity index (χ3n) is 3.57. The molecule has 1 heterocycles. The number of hydrogen-bond donors (Lipinski definition) is 1. The average molecular weight is 277 g/mol. The van der Waals surface area contributed by atoms with Gasteiger partial charge in [0.2, 0.25) is 0 Å². The van der Waals surface area contributed by atoms with Crippen molar-refractivity contribution >= 4 is 12.4 Å². The fourth-order valence-electron chi connectivity index (χ4n) is 2.33. The maximum atomic E-state index is 13.5. The summed E-state index contributed by atoms with van der Waals surface area (Å²) in [7, 11) is 0. The third kappa shape index (κ3) is 3.19. The number of likely N-dealkylation sites (tertiary alicyclic amines) is 1. The SMILES string of the molecule is CC1(CN)CCN(Cc2c(F)cccc2F)C1.Cl. The number of rotatable bonds is 3. The first-order chi connectivity index (χ1) is 8.04. The zero-order valence-electron chi connectivity index (χ0n) is 10.5. The van der Waals surface area contributed by atoms with E-state index in [0.717, 1.165) is 19.5 Å². The zero-order chi connectivity index (χ0) is 12.5. The normalized spacial score (nSPS) is 24.0. The summed E-state index contributed by atoms with van der Waals surface area (Å²) in [6.07, 6.45) is 0.986. The molecule has 1 aliphatic rings. The van der Waals surface area contributed by atoms with Gasteiger partial charge in [0.05, 0.1) is 0 Å². The molecule has 0 saturated carbocycles. The molecule has 0 bridgehead atoms. The maximum Gasteiger partial charge on any atom is 0.130 e. The van der Waals surface area contributed by atoms with Crippen LogP contribution in [0.2, 0.25) is 0 Å². The van der Waals surface area contributed by atoms with Gasteiger partial charge in [0.25, 0.3) is 0 Å². The van der Waals surface area contributed by atoms with E-state index in [1.165, 1.54) is 18.2 Å². The highest BCUT2D eigenvalue weighted by atomic mass is 35.5. The Morgan fingerprint density at radius 1 is 1.33 bits per heavy atom. The molecule has 1 atom stereocenters. The van der Waals surface area contributed by atoms with Gasteiger partial charge in [-0.15, -0.1) is 12.4 Å². The van der Waals surface area contributed by atoms with Crippen LogP contribution >= 0.6 is 12.4 Å². The average Bonchev–Trinajstić information content (AvgIpc) is 2.67. The number of benzene rings is 1. The quantitative estimate of drug-likeness (QED) is 0.919. The van der Waals surface area contributed by atoms with Crippen molar-refractivity contribution in [1.82, 2.24) is 4.90 Å². The predicted molar refractivity (Wildman–Crippen MR) is 70.7 cm³/mol. The highest BCUT2D eigenvalue weighted by Crippen LogP contribution is 2.30. The molecule has 0 radical (unpaired) electrons. The fraction of sp³-hybridized carbons (Fsp3) is 0.538. The lowest BCUT2D eigenvalue weighted by atomic mass is 9.90. The predicted octanol–water partition coefficient (Wildman–Crippen LogP) is 2.56. The van der Waals surface area contributed by atoms with Crippen LogP contribution in [0.25, 0.3) is 0 Å². The van der Waals surface area contributed by atoms with E-state index in [9.17, 15) is 8.78 Å². The van der Waals surface area contributed by atoms with Crippen molar-refractivity contribution < 1.29 is 8.78 Å². The van der Waals surface area contributed by atoms with Gasteiger partial charge in [0.15, 0.2) is 0 Å². The summed E-state index contributed by atoms with van der Waals surface area (Å²) in [6.45, 7) is 4.71. The molecule has 1 aliphatic heterocycles. The van der Waals surface area contributed by atoms with Gasteiger partial charge in [-0.25, -0.2) is 8.78 Å². The van der Waals surface area contributed by atoms with Crippen LogP contribution in [-0.2, 0) is 6.54 Å². The highest BCUT2D eigenvalue weighted by molar-refractivity contribution is 5.85. The fourth-order valence-corrected chi connectivity index (χ4v) is 2.33. The van der Waals surface area contributed by atoms with E-state index in [0.29, 0.717) is 13.1 Å². The van der Waals surface area contributed by atoms with E-state index in [2.05, 4.69) is 11.8 Å². The summed E-state index contributed by atoms with van der Waals surface area (Å²) < 4.78 is 27.0. The molecule has 0 aromatic heterocycles. The van der Waals surface area contributed by atoms with Gasteiger partial charge in [-0.3, -0.25) is 4.90 Å². The molecule has 2 rings (SSSR count). The van der Waals surface area contributed by atoms with Crippen molar-refractivity contribution in [3.8, 4) is 0 Å². The smallest absolute Gasteiger partial charge is 0.130 e. The molecule has 0 spiro atoms. The Morgan fingerprint density at radius 2 is 1.94 bits per heavy atom. The van der Waals surface area contributed by atoms with Crippen LogP contribution in [-0.4, -0.2) is 24.5 Å². The molecule has 18 heavy (non-hydrogen) atoms. The summed E-state index contributed by atoms with van der Waals surface area (Å²) >= 11 is 0. The van der Waals surface area contributed by atoms with Crippen LogP contribution in [0, 0.1) is 17.0 Å². The lowest BCUT2D eigenvalue weighted by molar-refractivity contribution is 0.268. The molecule has 0 amide bonds. The molecule has 1 fully saturated rings. The topological polar surface area (TPSA) is 29.3 Å². The van der Waals surface area contributed by atoms with Crippen LogP contribution in [0.5, 0.6) is 0 Å². The first-order valence-corrected chi connectivity index (χ1v) is 5.89. The monoisotopic (exact) mass is 276 g/mol. The Kier molecular flexibility index (Phi) is 5.08. The molecule has 0 aliphatic carbocycles. The third-order valence-corrected chi connectivity index (χ3v) is 3.57. The molecule has 1 saturated heterocycles. The Balaban J connectivity index is 0.00000162. The van der Waals surface area contributed by atoms with E-state index in [-0.39, 0.29) is 23.4 Å². The molecule has 2 nitrogen and oxygen atoms in total. The summed E-state index contributed by atoms with van der Waals surface area (Å²) in [5.74, 6) is -0.933. The standard InChI is InChI=1S/C13H18F2N2.ClH/c1-13(8-16)5-6-17(9-13)7-10-11(14)3-2-4-12(10)15;/h2-4H,5-9,16H2,1H3;1H. The summed E-state index contributed by atoms with van der Waals surface area (Å²) in [5.41, 5.74) is 5.95. The Morgan fingerprint density at radius 3 is 2.44 bits per heavy atom. The van der Waals surface area contributed by atoms with E-state index < -0.39 is 11.6 Å². The molecule has 2 N–H and O–H groups in total. The van der Waals surface area contributed by atoms with Crippen molar-refractivity contribution in [2.45, 2.75) is 19.9 Å². The van der Waals surface area contributed by atoms with Crippen LogP contribution in [0.1, 0.15) is 18.9 Å². The molecular weight excluding hydrogens is 258 g/mol. The van der Waals surface area contributed by atoms with Gasteiger partial charge >= 0.3 is 0 Å². The van der Waals surface area contributed by atoms with Crippen molar-refractivity contribution in [2.24, 2.45) is 11.1 Å². The maximum absolute atomic E-state index is 13.5. The second-order valence-electron chi connectivity index (χ2n) is 5.18. The first-order valence-electron chi connectivity index (χ1n) is 5.89. The molecule has 1 unspecified atom stereocenters. The van der Waals surface area contributed by atoms with Crippen LogP contribution in [0.15, 0.2) is 18.2 Å². The molecule has 1 aromatic carbocycles. The molecule has 102 valence electrons. The number of nitrogens with zero attached hydrogens (tertiary/aromatic N) is 1. The van der Waals surface area contributed by atoms with Gasteiger partial charge in [0.1, 0.15) is 11.6 Å². The second kappa shape index (κ2) is 5.95. The van der Waals surface area contributed by atoms with Crippen LogP contribution < -0.4 is 5.73 Å². The van der Waals surface area contributed by atoms with E-state index >= 15 is 0 Å². The van der Waals surface area contributed by atoms with Gasteiger partial charge in [-0.05, 0) is 37.1 Å². The molecular formula is C13H19ClF2N2. The van der Waals surface area contributed by atoms with Gasteiger partial charge in [-0.1, -0.05) is 13.0 Å². The minimum Gasteiger partial charge on any atom is -0.330 e. The van der Waals surface area contributed by atoms with Gasteiger partial charge in [0, 0.05) is 18.7 Å². The summed E-state index contributed by atoms with van der Waals surface area (Å²) in [5, 5.41) is 0. The van der Waals surface area contributed by atoms with Crippen molar-refractivity contribution in [1.29, 1.82) is 0 Å². The van der Waals surface area contributed by atoms with Crippen molar-refractivity contribution in [2.75, 3.05) is 19.6 Å². The lowest BCUT2D eigenvalue weighted by Crippen LogP contribution is -2.31. The Bertz CT molecular complexity index is 394. The van der Waals surface area contributed by atoms with Gasteiger partial charge in [-0.2, -0.15) is 0 Å². The summed E-state index contributed by atoms with van der Waals surface area (Å²) in [6, 6.07) is 4.00. The van der Waals surface area contributed by atoms with Crippen LogP contribution in [0.4, 0.5) is 8.78 Å². The number of halogens is 3. The van der Waals surface area contributed by atoms with Crippen molar-refractivity contribution in [3.05, 3.63) is 35.4 Å². The summed E-state index contributed by atoms with van der Waals surface area (Å²) in [4.78, 5) is 2.06. The zero-order valence-corrected chi connectivity index (χ0v) is 11.3. The van der Waals surface area contributed by atoms with Gasteiger partial charge < -0.3 is 5.73 Å². The van der Waals surface area contributed by atoms with Crippen LogP contribution in [0.3, 0.4) is 0 Å². The first kappa shape index (κ1) is 15.3. The van der Waals surface area contributed by atoms with E-state index in [1.807, 2.05) is 0 Å². The second-order valence-corrected chi connectivity index (χ2v) is 5.18. The van der Waals surface area contributed by atoms with E-state index in [4.69, 9.17) is 5.73 Å². The molecule has 1 aromatic rings. The van der Waals surface area contributed by atoms with E-state index in [1.54, 1.807) is 0 Å². The minimum absolute atomic E-state index is 0. The number of hydrogen-bond acceptors (Lipinski definition) is 2. The highest BCUT2D eigenvalue weighted by Gasteiger charge is 2.32.